The van der Waals surface area contributed by atoms with Crippen molar-refractivity contribution in [2.24, 2.45) is 0 Å². The summed E-state index contributed by atoms with van der Waals surface area (Å²) in [7, 11) is 0. The highest BCUT2D eigenvalue weighted by molar-refractivity contribution is 5.67. The fourth-order valence-corrected chi connectivity index (χ4v) is 5.31. The lowest BCUT2D eigenvalue weighted by atomic mass is 9.82. The van der Waals surface area contributed by atoms with E-state index in [1.165, 1.54) is 24.3 Å². The molecule has 0 radical (unpaired) electrons. The average molecular weight is 573 g/mol. The van der Waals surface area contributed by atoms with Gasteiger partial charge in [-0.1, -0.05) is 56.5 Å². The van der Waals surface area contributed by atoms with Crippen molar-refractivity contribution in [1.82, 2.24) is 0 Å². The first-order valence-corrected chi connectivity index (χ1v) is 14.5. The molecule has 0 saturated carbocycles. The van der Waals surface area contributed by atoms with Crippen molar-refractivity contribution in [3.05, 3.63) is 99.9 Å². The average Bonchev–Trinajstić information content (AvgIpc) is 2.98. The van der Waals surface area contributed by atoms with Gasteiger partial charge in [0.2, 0.25) is 11.6 Å². The van der Waals surface area contributed by atoms with Crippen molar-refractivity contribution < 1.29 is 31.4 Å². The number of aryl methyl sites for hydroxylation is 2. The van der Waals surface area contributed by atoms with Gasteiger partial charge in [-0.25, -0.2) is 13.2 Å². The quantitative estimate of drug-likeness (QED) is 0.150. The summed E-state index contributed by atoms with van der Waals surface area (Å²) < 4.78 is 83.7. The van der Waals surface area contributed by atoms with Crippen LogP contribution in [-0.4, -0.2) is 13.2 Å². The van der Waals surface area contributed by atoms with Crippen LogP contribution in [0.25, 0.3) is 5.57 Å². The molecule has 2 nitrogen and oxygen atoms in total. The van der Waals surface area contributed by atoms with E-state index in [2.05, 4.69) is 6.92 Å². The Morgan fingerprint density at radius 2 is 1.44 bits per heavy atom. The summed E-state index contributed by atoms with van der Waals surface area (Å²) in [6, 6.07) is 10.9. The lowest BCUT2D eigenvalue weighted by molar-refractivity contribution is 0.284. The number of hydrogen-bond acceptors (Lipinski definition) is 2. The van der Waals surface area contributed by atoms with Gasteiger partial charge in [0.15, 0.2) is 23.1 Å². The number of rotatable bonds is 13. The molecule has 0 saturated heterocycles. The number of hydrogen-bond donors (Lipinski definition) is 0. The van der Waals surface area contributed by atoms with E-state index in [9.17, 15) is 17.6 Å². The van der Waals surface area contributed by atoms with Gasteiger partial charge < -0.3 is 9.47 Å². The molecule has 0 fully saturated rings. The highest BCUT2D eigenvalue weighted by Crippen LogP contribution is 2.39. The summed E-state index contributed by atoms with van der Waals surface area (Å²) in [5, 5.41) is 0. The van der Waals surface area contributed by atoms with Gasteiger partial charge in [-0.15, -0.1) is 0 Å². The first-order chi connectivity index (χ1) is 19.8. The van der Waals surface area contributed by atoms with E-state index in [1.54, 1.807) is 19.1 Å². The Labute approximate surface area is 239 Å². The van der Waals surface area contributed by atoms with E-state index in [0.717, 1.165) is 36.8 Å². The van der Waals surface area contributed by atoms with E-state index in [-0.39, 0.29) is 42.4 Å². The van der Waals surface area contributed by atoms with Crippen LogP contribution < -0.4 is 9.47 Å². The SMILES string of the molecule is CCCCCCOc1ccc(CCc2ccc(C3=CCC(c4ccc(OCC)c(F)c4F)CC3)cc2F)c(F)c1F. The van der Waals surface area contributed by atoms with Gasteiger partial charge >= 0.3 is 0 Å². The molecule has 1 unspecified atom stereocenters. The Balaban J connectivity index is 1.36. The fraction of sp³-hybridized carbons (Fsp3) is 0.412. The smallest absolute Gasteiger partial charge is 0.200 e. The maximum Gasteiger partial charge on any atom is 0.200 e. The summed E-state index contributed by atoms with van der Waals surface area (Å²) in [5.74, 6) is -4.61. The Morgan fingerprint density at radius 3 is 2.15 bits per heavy atom. The number of allylic oxidation sites excluding steroid dienone is 2. The zero-order chi connectivity index (χ0) is 29.4. The van der Waals surface area contributed by atoms with Crippen LogP contribution in [0.4, 0.5) is 22.0 Å². The largest absolute Gasteiger partial charge is 0.491 e. The van der Waals surface area contributed by atoms with Gasteiger partial charge in [-0.2, -0.15) is 8.78 Å². The number of unbranched alkanes of at least 4 members (excludes halogenated alkanes) is 3. The van der Waals surface area contributed by atoms with Crippen LogP contribution in [0.5, 0.6) is 11.5 Å². The molecule has 3 aromatic carbocycles. The minimum Gasteiger partial charge on any atom is -0.491 e. The lowest BCUT2D eigenvalue weighted by Gasteiger charge is -2.23. The molecule has 0 amide bonds. The van der Waals surface area contributed by atoms with Crippen molar-refractivity contribution in [3.63, 3.8) is 0 Å². The molecule has 7 heteroatoms. The monoisotopic (exact) mass is 572 g/mol. The molecular weight excluding hydrogens is 535 g/mol. The van der Waals surface area contributed by atoms with Crippen molar-refractivity contribution in [2.45, 2.75) is 77.6 Å². The Hall–Kier alpha value is -3.35. The molecule has 4 rings (SSSR count). The predicted octanol–water partition coefficient (Wildman–Crippen LogP) is 9.88. The van der Waals surface area contributed by atoms with Gasteiger partial charge in [-0.05, 0) is 97.4 Å². The van der Waals surface area contributed by atoms with Gasteiger partial charge in [0.25, 0.3) is 0 Å². The highest BCUT2D eigenvalue weighted by Gasteiger charge is 2.24. The maximum absolute atomic E-state index is 15.0. The molecule has 0 heterocycles. The fourth-order valence-electron chi connectivity index (χ4n) is 5.31. The molecule has 0 spiro atoms. The molecule has 220 valence electrons. The molecule has 0 N–H and O–H groups in total. The summed E-state index contributed by atoms with van der Waals surface area (Å²) >= 11 is 0. The third-order valence-electron chi connectivity index (χ3n) is 7.70. The molecule has 41 heavy (non-hydrogen) atoms. The molecule has 0 aliphatic heterocycles. The summed E-state index contributed by atoms with van der Waals surface area (Å²) in [5.41, 5.74) is 2.56. The van der Waals surface area contributed by atoms with Crippen LogP contribution in [0.1, 0.15) is 87.0 Å². The Morgan fingerprint density at radius 1 is 0.732 bits per heavy atom. The molecule has 1 aliphatic rings. The van der Waals surface area contributed by atoms with Gasteiger partial charge in [0, 0.05) is 0 Å². The van der Waals surface area contributed by atoms with E-state index in [4.69, 9.17) is 9.47 Å². The van der Waals surface area contributed by atoms with Crippen LogP contribution in [-0.2, 0) is 12.8 Å². The van der Waals surface area contributed by atoms with Gasteiger partial charge in [0.1, 0.15) is 5.82 Å². The molecule has 3 aromatic rings. The third-order valence-corrected chi connectivity index (χ3v) is 7.70. The van der Waals surface area contributed by atoms with Crippen LogP contribution in [0, 0.1) is 29.1 Å². The summed E-state index contributed by atoms with van der Waals surface area (Å²) in [6.07, 6.45) is 7.91. The number of ether oxygens (including phenoxy) is 2. The predicted molar refractivity (Wildman–Crippen MR) is 152 cm³/mol. The second-order valence-electron chi connectivity index (χ2n) is 10.5. The van der Waals surface area contributed by atoms with E-state index in [1.807, 2.05) is 12.1 Å². The van der Waals surface area contributed by atoms with E-state index >= 15 is 4.39 Å². The zero-order valence-electron chi connectivity index (χ0n) is 23.7. The van der Waals surface area contributed by atoms with Gasteiger partial charge in [0.05, 0.1) is 13.2 Å². The summed E-state index contributed by atoms with van der Waals surface area (Å²) in [4.78, 5) is 0. The van der Waals surface area contributed by atoms with Gasteiger partial charge in [-0.3, -0.25) is 0 Å². The van der Waals surface area contributed by atoms with Crippen molar-refractivity contribution in [3.8, 4) is 11.5 Å². The van der Waals surface area contributed by atoms with Crippen molar-refractivity contribution in [1.29, 1.82) is 0 Å². The molecule has 1 atom stereocenters. The molecule has 0 aromatic heterocycles. The first-order valence-electron chi connectivity index (χ1n) is 14.5. The Kier molecular flexibility index (Phi) is 10.8. The molecular formula is C34H37F5O2. The van der Waals surface area contributed by atoms with E-state index in [0.29, 0.717) is 37.0 Å². The van der Waals surface area contributed by atoms with Crippen LogP contribution in [0.15, 0.2) is 48.5 Å². The standard InChI is InChI=1S/C34H37F5O2/c1-3-5-6-7-20-41-30-18-16-25(31(36)33(30)38)14-12-24-13-15-26(21-28(24)35)22-8-10-23(11-9-22)27-17-19-29(40-4-2)34(39)32(27)37/h8,13,15-19,21,23H,3-7,9-12,14,20H2,1-2H3. The highest BCUT2D eigenvalue weighted by atomic mass is 19.2. The molecule has 1 aliphatic carbocycles. The first kappa shape index (κ1) is 30.6. The number of halogens is 5. The zero-order valence-corrected chi connectivity index (χ0v) is 23.7. The maximum atomic E-state index is 15.0. The van der Waals surface area contributed by atoms with E-state index < -0.39 is 29.1 Å². The van der Waals surface area contributed by atoms with Crippen molar-refractivity contribution in [2.75, 3.05) is 13.2 Å². The minimum atomic E-state index is -1.01. The lowest BCUT2D eigenvalue weighted by Crippen LogP contribution is -2.09. The van der Waals surface area contributed by atoms with Crippen LogP contribution in [0.3, 0.4) is 0 Å². The van der Waals surface area contributed by atoms with Crippen LogP contribution >= 0.6 is 0 Å². The second kappa shape index (κ2) is 14.5. The molecule has 0 bridgehead atoms. The Bertz CT molecular complexity index is 1370. The topological polar surface area (TPSA) is 18.5 Å². The number of benzene rings is 3. The minimum absolute atomic E-state index is 0.0941. The normalized spacial score (nSPS) is 15.1. The second-order valence-corrected chi connectivity index (χ2v) is 10.5. The summed E-state index contributed by atoms with van der Waals surface area (Å²) in [6.45, 7) is 4.39. The van der Waals surface area contributed by atoms with Crippen molar-refractivity contribution >= 4 is 5.57 Å². The third kappa shape index (κ3) is 7.49. The van der Waals surface area contributed by atoms with Crippen LogP contribution in [0.2, 0.25) is 0 Å².